The summed E-state index contributed by atoms with van der Waals surface area (Å²) in [6.07, 6.45) is 0. The van der Waals surface area contributed by atoms with Gasteiger partial charge in [-0.1, -0.05) is 0 Å². The van der Waals surface area contributed by atoms with Crippen molar-refractivity contribution < 1.29 is 17.2 Å². The molecule has 0 heterocycles. The van der Waals surface area contributed by atoms with Crippen LogP contribution in [-0.2, 0) is 10.0 Å². The molecule has 21 heavy (non-hydrogen) atoms. The van der Waals surface area contributed by atoms with Gasteiger partial charge in [0.1, 0.15) is 16.5 Å². The van der Waals surface area contributed by atoms with Crippen molar-refractivity contribution in [1.82, 2.24) is 0 Å². The average molecular weight is 377 g/mol. The van der Waals surface area contributed by atoms with Gasteiger partial charge in [-0.25, -0.2) is 17.2 Å². The molecule has 4 nitrogen and oxygen atoms in total. The molecule has 0 atom stereocenters. The Morgan fingerprint density at radius 2 is 1.71 bits per heavy atom. The fourth-order valence-corrected chi connectivity index (χ4v) is 3.88. The molecule has 0 bridgehead atoms. The van der Waals surface area contributed by atoms with E-state index in [0.717, 1.165) is 28.6 Å². The highest BCUT2D eigenvalue weighted by atomic mass is 79.9. The molecule has 0 unspecified atom stereocenters. The number of hydrogen-bond donors (Lipinski definition) is 1. The summed E-state index contributed by atoms with van der Waals surface area (Å²) in [7, 11) is -2.64. The second-order valence-electron chi connectivity index (χ2n) is 4.25. The fraction of sp³-hybridized carbons (Fsp3) is 0.0769. The molecule has 112 valence electrons. The lowest BCUT2D eigenvalue weighted by molar-refractivity contribution is 0.592. The number of benzene rings is 2. The number of halogens is 3. The van der Waals surface area contributed by atoms with Crippen molar-refractivity contribution in [2.75, 3.05) is 17.1 Å². The lowest BCUT2D eigenvalue weighted by Gasteiger charge is -2.20. The van der Waals surface area contributed by atoms with Crippen molar-refractivity contribution in [2.24, 2.45) is 0 Å². The zero-order chi connectivity index (χ0) is 15.8. The Labute approximate surface area is 129 Å². The topological polar surface area (TPSA) is 63.4 Å². The number of rotatable bonds is 3. The van der Waals surface area contributed by atoms with Crippen LogP contribution >= 0.6 is 15.9 Å². The Morgan fingerprint density at radius 3 is 2.29 bits per heavy atom. The summed E-state index contributed by atoms with van der Waals surface area (Å²) in [6, 6.07) is 6.97. The van der Waals surface area contributed by atoms with Gasteiger partial charge in [0.25, 0.3) is 10.0 Å². The lowest BCUT2D eigenvalue weighted by atomic mass is 10.3. The minimum absolute atomic E-state index is 0.0585. The Morgan fingerprint density at radius 1 is 1.14 bits per heavy atom. The minimum Gasteiger partial charge on any atom is -0.396 e. The summed E-state index contributed by atoms with van der Waals surface area (Å²) in [5.41, 5.74) is 5.41. The molecule has 2 aromatic carbocycles. The third-order valence-electron chi connectivity index (χ3n) is 2.88. The van der Waals surface area contributed by atoms with Gasteiger partial charge in [-0.15, -0.1) is 0 Å². The van der Waals surface area contributed by atoms with Crippen molar-refractivity contribution in [3.63, 3.8) is 0 Å². The molecule has 0 amide bonds. The molecule has 0 saturated heterocycles. The molecule has 0 aromatic heterocycles. The first kappa shape index (κ1) is 15.7. The van der Waals surface area contributed by atoms with Crippen molar-refractivity contribution >= 4 is 37.3 Å². The molecule has 2 rings (SSSR count). The summed E-state index contributed by atoms with van der Waals surface area (Å²) in [5, 5.41) is 0. The summed E-state index contributed by atoms with van der Waals surface area (Å²) in [5.74, 6) is -1.19. The number of anilines is 2. The van der Waals surface area contributed by atoms with Crippen LogP contribution in [0.4, 0.5) is 20.2 Å². The van der Waals surface area contributed by atoms with Crippen molar-refractivity contribution in [1.29, 1.82) is 0 Å². The maximum atomic E-state index is 13.3. The fourth-order valence-electron chi connectivity index (χ4n) is 1.68. The third-order valence-corrected chi connectivity index (χ3v) is 5.62. The molecule has 2 N–H and O–H groups in total. The predicted molar refractivity (Wildman–Crippen MR) is 80.5 cm³/mol. The zero-order valence-electron chi connectivity index (χ0n) is 10.8. The van der Waals surface area contributed by atoms with Crippen LogP contribution in [0.25, 0.3) is 0 Å². The Balaban J connectivity index is 2.51. The highest BCUT2D eigenvalue weighted by Gasteiger charge is 2.25. The number of nitrogen functional groups attached to an aromatic ring is 1. The monoisotopic (exact) mass is 376 g/mol. The van der Waals surface area contributed by atoms with E-state index in [-0.39, 0.29) is 20.7 Å². The van der Waals surface area contributed by atoms with Crippen molar-refractivity contribution in [2.45, 2.75) is 4.90 Å². The maximum Gasteiger partial charge on any atom is 0.265 e. The molecule has 2 aromatic rings. The molecule has 8 heteroatoms. The van der Waals surface area contributed by atoms with Gasteiger partial charge in [0, 0.05) is 11.5 Å². The Hall–Kier alpha value is -1.67. The quantitative estimate of drug-likeness (QED) is 0.836. The molecule has 0 spiro atoms. The molecule has 0 aliphatic heterocycles. The third kappa shape index (κ3) is 3.01. The van der Waals surface area contributed by atoms with Crippen molar-refractivity contribution in [3.8, 4) is 0 Å². The second-order valence-corrected chi connectivity index (χ2v) is 7.05. The number of sulfonamides is 1. The van der Waals surface area contributed by atoms with E-state index in [2.05, 4.69) is 15.9 Å². The van der Waals surface area contributed by atoms with Gasteiger partial charge in [0.2, 0.25) is 0 Å². The van der Waals surface area contributed by atoms with E-state index in [0.29, 0.717) is 0 Å². The van der Waals surface area contributed by atoms with Crippen LogP contribution in [0, 0.1) is 11.6 Å². The zero-order valence-corrected chi connectivity index (χ0v) is 13.2. The van der Waals surface area contributed by atoms with E-state index in [1.807, 2.05) is 0 Å². The van der Waals surface area contributed by atoms with Crippen LogP contribution in [0.3, 0.4) is 0 Å². The van der Waals surface area contributed by atoms with E-state index in [1.165, 1.54) is 19.2 Å². The molecule has 0 fully saturated rings. The highest BCUT2D eigenvalue weighted by molar-refractivity contribution is 9.10. The van der Waals surface area contributed by atoms with Gasteiger partial charge in [0.05, 0.1) is 11.4 Å². The lowest BCUT2D eigenvalue weighted by Crippen LogP contribution is -2.27. The summed E-state index contributed by atoms with van der Waals surface area (Å²) in [6.45, 7) is 0. The summed E-state index contributed by atoms with van der Waals surface area (Å²) >= 11 is 3.01. The smallest absolute Gasteiger partial charge is 0.265 e. The standard InChI is InChI=1S/C13H11BrF2N2O2S/c1-18(9-4-2-8(15)3-5-9)21(19,20)13-7-12(17)11(16)6-10(13)14/h2-7H,17H2,1H3. The van der Waals surface area contributed by atoms with Gasteiger partial charge >= 0.3 is 0 Å². The molecular weight excluding hydrogens is 366 g/mol. The largest absolute Gasteiger partial charge is 0.396 e. The molecule has 0 aliphatic rings. The second kappa shape index (κ2) is 5.61. The SMILES string of the molecule is CN(c1ccc(F)cc1)S(=O)(=O)c1cc(N)c(F)cc1Br. The van der Waals surface area contributed by atoms with E-state index in [4.69, 9.17) is 5.73 Å². The van der Waals surface area contributed by atoms with Gasteiger partial charge in [-0.3, -0.25) is 4.31 Å². The van der Waals surface area contributed by atoms with E-state index in [1.54, 1.807) is 0 Å². The van der Waals surface area contributed by atoms with E-state index < -0.39 is 21.7 Å². The maximum absolute atomic E-state index is 13.3. The Bertz CT molecular complexity index is 780. The van der Waals surface area contributed by atoms with E-state index in [9.17, 15) is 17.2 Å². The summed E-state index contributed by atoms with van der Waals surface area (Å²) < 4.78 is 52.3. The van der Waals surface area contributed by atoms with Gasteiger partial charge in [0.15, 0.2) is 0 Å². The van der Waals surface area contributed by atoms with Crippen LogP contribution in [0.15, 0.2) is 45.8 Å². The molecule has 0 saturated carbocycles. The van der Waals surface area contributed by atoms with Gasteiger partial charge in [-0.05, 0) is 52.3 Å². The van der Waals surface area contributed by atoms with E-state index >= 15 is 0 Å². The number of nitrogens with two attached hydrogens (primary N) is 1. The van der Waals surface area contributed by atoms with Crippen molar-refractivity contribution in [3.05, 3.63) is 52.5 Å². The predicted octanol–water partition coefficient (Wildman–Crippen LogP) is 3.13. The minimum atomic E-state index is -3.96. The number of hydrogen-bond acceptors (Lipinski definition) is 3. The molecular formula is C13H11BrF2N2O2S. The van der Waals surface area contributed by atoms with Crippen LogP contribution in [0.1, 0.15) is 0 Å². The average Bonchev–Trinajstić information content (AvgIpc) is 2.42. The first-order valence-electron chi connectivity index (χ1n) is 5.72. The molecule has 0 aliphatic carbocycles. The van der Waals surface area contributed by atoms with Crippen LogP contribution in [-0.4, -0.2) is 15.5 Å². The first-order chi connectivity index (χ1) is 9.73. The van der Waals surface area contributed by atoms with Crippen LogP contribution in [0.2, 0.25) is 0 Å². The van der Waals surface area contributed by atoms with Crippen LogP contribution < -0.4 is 10.0 Å². The Kier molecular flexibility index (Phi) is 4.20. The number of nitrogens with zero attached hydrogens (tertiary/aromatic N) is 1. The molecule has 0 radical (unpaired) electrons. The first-order valence-corrected chi connectivity index (χ1v) is 7.96. The summed E-state index contributed by atoms with van der Waals surface area (Å²) in [4.78, 5) is -0.173. The van der Waals surface area contributed by atoms with Gasteiger partial charge < -0.3 is 5.73 Å². The van der Waals surface area contributed by atoms with Gasteiger partial charge in [-0.2, -0.15) is 0 Å². The highest BCUT2D eigenvalue weighted by Crippen LogP contribution is 2.30. The normalized spacial score (nSPS) is 11.4. The van der Waals surface area contributed by atoms with Crippen LogP contribution in [0.5, 0.6) is 0 Å².